The molecule has 1 aliphatic rings. The van der Waals surface area contributed by atoms with Crippen molar-refractivity contribution in [2.24, 2.45) is 5.92 Å². The summed E-state index contributed by atoms with van der Waals surface area (Å²) in [6, 6.07) is 20.2. The maximum Gasteiger partial charge on any atom is 0.417 e. The van der Waals surface area contributed by atoms with Crippen molar-refractivity contribution in [3.8, 4) is 0 Å². The van der Waals surface area contributed by atoms with Gasteiger partial charge in [0.2, 0.25) is 5.91 Å². The van der Waals surface area contributed by atoms with Crippen molar-refractivity contribution in [2.45, 2.75) is 25.1 Å². The van der Waals surface area contributed by atoms with Crippen LogP contribution in [0.25, 0.3) is 0 Å². The highest BCUT2D eigenvalue weighted by Crippen LogP contribution is 2.35. The normalized spacial score (nSPS) is 15.0. The number of carbonyl (C=O) groups excluding carboxylic acids is 1. The van der Waals surface area contributed by atoms with Gasteiger partial charge in [-0.3, -0.25) is 4.79 Å². The lowest BCUT2D eigenvalue weighted by Gasteiger charge is -2.33. The summed E-state index contributed by atoms with van der Waals surface area (Å²) in [7, 11) is 0. The molecular formula is C25H23ClF3N3O. The average Bonchev–Trinajstić information content (AvgIpc) is 2.83. The number of amides is 1. The highest BCUT2D eigenvalue weighted by atomic mass is 35.5. The van der Waals surface area contributed by atoms with E-state index in [2.05, 4.69) is 10.3 Å². The molecule has 0 aliphatic carbocycles. The van der Waals surface area contributed by atoms with Crippen molar-refractivity contribution in [1.29, 1.82) is 0 Å². The number of hydrogen-bond donors (Lipinski definition) is 1. The molecule has 0 bridgehead atoms. The van der Waals surface area contributed by atoms with E-state index in [-0.39, 0.29) is 22.9 Å². The van der Waals surface area contributed by atoms with Crippen molar-refractivity contribution < 1.29 is 18.0 Å². The van der Waals surface area contributed by atoms with Crippen LogP contribution >= 0.6 is 11.6 Å². The van der Waals surface area contributed by atoms with E-state index in [0.29, 0.717) is 31.7 Å². The van der Waals surface area contributed by atoms with Gasteiger partial charge < -0.3 is 10.2 Å². The van der Waals surface area contributed by atoms with E-state index in [9.17, 15) is 18.0 Å². The summed E-state index contributed by atoms with van der Waals surface area (Å²) in [4.78, 5) is 18.9. The van der Waals surface area contributed by atoms with Gasteiger partial charge in [0.05, 0.1) is 16.6 Å². The van der Waals surface area contributed by atoms with Crippen LogP contribution in [-0.2, 0) is 11.0 Å². The molecule has 8 heteroatoms. The lowest BCUT2D eigenvalue weighted by atomic mass is 9.93. The summed E-state index contributed by atoms with van der Waals surface area (Å²) >= 11 is 6.09. The molecule has 2 heterocycles. The third-order valence-electron chi connectivity index (χ3n) is 5.87. The number of piperidine rings is 1. The molecule has 1 amide bonds. The first kappa shape index (κ1) is 23.1. The Morgan fingerprint density at radius 3 is 2.03 bits per heavy atom. The average molecular weight is 474 g/mol. The number of nitrogens with one attached hydrogen (secondary N) is 1. The van der Waals surface area contributed by atoms with E-state index >= 15 is 0 Å². The van der Waals surface area contributed by atoms with E-state index in [0.717, 1.165) is 23.4 Å². The summed E-state index contributed by atoms with van der Waals surface area (Å²) in [6.45, 7) is 0.967. The number of carbonyl (C=O) groups is 1. The first-order chi connectivity index (χ1) is 15.8. The van der Waals surface area contributed by atoms with Crippen molar-refractivity contribution in [3.63, 3.8) is 0 Å². The molecule has 33 heavy (non-hydrogen) atoms. The van der Waals surface area contributed by atoms with Gasteiger partial charge >= 0.3 is 6.18 Å². The fourth-order valence-electron chi connectivity index (χ4n) is 4.08. The summed E-state index contributed by atoms with van der Waals surface area (Å²) in [6.07, 6.45) is -2.58. The molecule has 0 spiro atoms. The van der Waals surface area contributed by atoms with Gasteiger partial charge in [-0.1, -0.05) is 72.3 Å². The number of anilines is 1. The summed E-state index contributed by atoms with van der Waals surface area (Å²) in [5.41, 5.74) is 1.11. The molecule has 0 atom stereocenters. The monoisotopic (exact) mass is 473 g/mol. The van der Waals surface area contributed by atoms with E-state index in [4.69, 9.17) is 11.6 Å². The van der Waals surface area contributed by atoms with Crippen LogP contribution in [0.4, 0.5) is 19.0 Å². The minimum Gasteiger partial charge on any atom is -0.355 e. The Kier molecular flexibility index (Phi) is 6.88. The minimum atomic E-state index is -4.49. The van der Waals surface area contributed by atoms with Crippen molar-refractivity contribution in [1.82, 2.24) is 10.3 Å². The van der Waals surface area contributed by atoms with E-state index in [1.807, 2.05) is 65.6 Å². The maximum atomic E-state index is 13.1. The van der Waals surface area contributed by atoms with Crippen molar-refractivity contribution >= 4 is 23.3 Å². The molecule has 0 unspecified atom stereocenters. The van der Waals surface area contributed by atoms with E-state index in [1.165, 1.54) is 0 Å². The van der Waals surface area contributed by atoms with Crippen LogP contribution in [0.2, 0.25) is 5.02 Å². The Morgan fingerprint density at radius 1 is 1.00 bits per heavy atom. The van der Waals surface area contributed by atoms with Gasteiger partial charge in [-0.05, 0) is 30.0 Å². The Balaban J connectivity index is 1.43. The van der Waals surface area contributed by atoms with Gasteiger partial charge in [0.1, 0.15) is 5.82 Å². The summed E-state index contributed by atoms with van der Waals surface area (Å²) in [5.74, 6) is 0.0678. The maximum absolute atomic E-state index is 13.1. The molecule has 0 saturated carbocycles. The van der Waals surface area contributed by atoms with Crippen molar-refractivity contribution in [3.05, 3.63) is 94.6 Å². The Bertz CT molecular complexity index is 1050. The van der Waals surface area contributed by atoms with Crippen LogP contribution in [0.15, 0.2) is 72.9 Å². The molecule has 1 aliphatic heterocycles. The predicted octanol–water partition coefficient (Wildman–Crippen LogP) is 5.88. The number of benzene rings is 2. The number of aromatic nitrogens is 1. The number of rotatable bonds is 5. The van der Waals surface area contributed by atoms with Crippen LogP contribution in [0, 0.1) is 5.92 Å². The number of halogens is 4. The second-order valence-corrected chi connectivity index (χ2v) is 8.46. The molecule has 4 rings (SSSR count). The second kappa shape index (κ2) is 9.83. The molecule has 1 fully saturated rings. The predicted molar refractivity (Wildman–Crippen MR) is 122 cm³/mol. The largest absolute Gasteiger partial charge is 0.417 e. The first-order valence-corrected chi connectivity index (χ1v) is 11.1. The van der Waals surface area contributed by atoms with Crippen LogP contribution < -0.4 is 10.2 Å². The Labute approximate surface area is 195 Å². The van der Waals surface area contributed by atoms with Crippen LogP contribution in [-0.4, -0.2) is 24.0 Å². The molecule has 0 radical (unpaired) electrons. The van der Waals surface area contributed by atoms with Gasteiger partial charge in [0.15, 0.2) is 0 Å². The molecular weight excluding hydrogens is 451 g/mol. The third-order valence-corrected chi connectivity index (χ3v) is 6.14. The minimum absolute atomic E-state index is 0.0408. The lowest BCUT2D eigenvalue weighted by molar-refractivity contribution is -0.137. The fourth-order valence-corrected chi connectivity index (χ4v) is 4.37. The van der Waals surface area contributed by atoms with Gasteiger partial charge in [0.25, 0.3) is 0 Å². The van der Waals surface area contributed by atoms with E-state index in [1.54, 1.807) is 0 Å². The van der Waals surface area contributed by atoms with Crippen LogP contribution in [0.5, 0.6) is 0 Å². The molecule has 172 valence electrons. The zero-order chi connectivity index (χ0) is 23.4. The first-order valence-electron chi connectivity index (χ1n) is 10.7. The van der Waals surface area contributed by atoms with Gasteiger partial charge in [-0.15, -0.1) is 0 Å². The summed E-state index contributed by atoms with van der Waals surface area (Å²) < 4.78 is 38.6. The molecule has 1 N–H and O–H groups in total. The van der Waals surface area contributed by atoms with Crippen molar-refractivity contribution in [2.75, 3.05) is 18.0 Å². The molecule has 4 nitrogen and oxygen atoms in total. The SMILES string of the molecule is O=C(NC(c1ccccc1)c1ccccc1)C1CCN(c2ncc(C(F)(F)F)cc2Cl)CC1. The van der Waals surface area contributed by atoms with Gasteiger partial charge in [0, 0.05) is 25.2 Å². The Hall–Kier alpha value is -3.06. The standard InChI is InChI=1S/C25H23ClF3N3O/c26-21-15-20(25(27,28)29)16-30-23(21)32-13-11-19(12-14-32)24(33)31-22(17-7-3-1-4-8-17)18-9-5-2-6-10-18/h1-10,15-16,19,22H,11-14H2,(H,31,33). The fraction of sp³-hybridized carbons (Fsp3) is 0.280. The van der Waals surface area contributed by atoms with Gasteiger partial charge in [-0.25, -0.2) is 4.98 Å². The highest BCUT2D eigenvalue weighted by Gasteiger charge is 2.33. The zero-order valence-corrected chi connectivity index (χ0v) is 18.5. The number of pyridine rings is 1. The zero-order valence-electron chi connectivity index (χ0n) is 17.7. The topological polar surface area (TPSA) is 45.2 Å². The third kappa shape index (κ3) is 5.47. The Morgan fingerprint density at radius 2 is 1.55 bits per heavy atom. The van der Waals surface area contributed by atoms with Gasteiger partial charge in [-0.2, -0.15) is 13.2 Å². The lowest BCUT2D eigenvalue weighted by Crippen LogP contribution is -2.42. The quantitative estimate of drug-likeness (QED) is 0.503. The second-order valence-electron chi connectivity index (χ2n) is 8.05. The molecule has 3 aromatic rings. The molecule has 2 aromatic carbocycles. The number of alkyl halides is 3. The number of hydrogen-bond acceptors (Lipinski definition) is 3. The number of nitrogens with zero attached hydrogens (tertiary/aromatic N) is 2. The highest BCUT2D eigenvalue weighted by molar-refractivity contribution is 6.33. The van der Waals surface area contributed by atoms with E-state index < -0.39 is 11.7 Å². The van der Waals surface area contributed by atoms with Crippen LogP contribution in [0.3, 0.4) is 0 Å². The van der Waals surface area contributed by atoms with Crippen LogP contribution in [0.1, 0.15) is 35.6 Å². The smallest absolute Gasteiger partial charge is 0.355 e. The molecule has 1 saturated heterocycles. The summed E-state index contributed by atoms with van der Waals surface area (Å²) in [5, 5.41) is 3.14. The molecule has 1 aromatic heterocycles.